The zero-order valence-corrected chi connectivity index (χ0v) is 12.8. The molecule has 0 fully saturated rings. The van der Waals surface area contributed by atoms with E-state index < -0.39 is 22.2 Å². The zero-order valence-electron chi connectivity index (χ0n) is 12.8. The first kappa shape index (κ1) is 16.5. The number of halogens is 2. The predicted molar refractivity (Wildman–Crippen MR) is 75.5 cm³/mol. The molecular weight excluding hydrogens is 264 g/mol. The molecule has 0 heterocycles. The van der Waals surface area contributed by atoms with Crippen molar-refractivity contribution in [2.45, 2.75) is 58.8 Å². The lowest BCUT2D eigenvalue weighted by molar-refractivity contribution is -0.386. The van der Waals surface area contributed by atoms with Crippen LogP contribution >= 0.6 is 0 Å². The summed E-state index contributed by atoms with van der Waals surface area (Å²) in [6.45, 7) is 11.0. The van der Waals surface area contributed by atoms with Gasteiger partial charge in [0.15, 0.2) is 0 Å². The summed E-state index contributed by atoms with van der Waals surface area (Å²) in [5.41, 5.74) is -0.526. The molecule has 0 aromatic heterocycles. The van der Waals surface area contributed by atoms with E-state index in [9.17, 15) is 18.9 Å². The fraction of sp³-hybridized carbons (Fsp3) is 0.600. The molecule has 112 valence electrons. The third-order valence-electron chi connectivity index (χ3n) is 3.22. The Kier molecular flexibility index (Phi) is 4.22. The van der Waals surface area contributed by atoms with Gasteiger partial charge in [-0.25, -0.2) is 8.78 Å². The molecule has 0 saturated carbocycles. The lowest BCUT2D eigenvalue weighted by atomic mass is 9.77. The number of rotatable bonds is 2. The van der Waals surface area contributed by atoms with Gasteiger partial charge in [0.2, 0.25) is 0 Å². The van der Waals surface area contributed by atoms with Crippen molar-refractivity contribution >= 4 is 5.69 Å². The molecule has 0 aliphatic heterocycles. The highest BCUT2D eigenvalue weighted by molar-refractivity contribution is 5.52. The Bertz CT molecular complexity index is 526. The van der Waals surface area contributed by atoms with Crippen molar-refractivity contribution in [1.29, 1.82) is 0 Å². The second-order valence-electron chi connectivity index (χ2n) is 7.01. The minimum atomic E-state index is -2.73. The molecule has 20 heavy (non-hydrogen) atoms. The molecule has 1 aromatic carbocycles. The van der Waals surface area contributed by atoms with Crippen molar-refractivity contribution in [3.63, 3.8) is 0 Å². The van der Waals surface area contributed by atoms with Crippen LogP contribution in [0.1, 0.15) is 64.7 Å². The molecule has 1 aromatic rings. The zero-order chi connectivity index (χ0) is 15.9. The molecule has 0 unspecified atom stereocenters. The van der Waals surface area contributed by atoms with Gasteiger partial charge in [0, 0.05) is 17.2 Å². The quantitative estimate of drug-likeness (QED) is 0.558. The van der Waals surface area contributed by atoms with E-state index in [-0.39, 0.29) is 11.3 Å². The fourth-order valence-corrected chi connectivity index (χ4v) is 2.19. The first-order valence-electron chi connectivity index (χ1n) is 6.47. The van der Waals surface area contributed by atoms with Gasteiger partial charge in [-0.2, -0.15) is 0 Å². The maximum Gasteiger partial charge on any atom is 0.273 e. The van der Waals surface area contributed by atoms with Crippen molar-refractivity contribution in [3.8, 4) is 0 Å². The van der Waals surface area contributed by atoms with E-state index in [0.717, 1.165) is 6.07 Å². The van der Waals surface area contributed by atoms with Gasteiger partial charge >= 0.3 is 0 Å². The van der Waals surface area contributed by atoms with Crippen LogP contribution in [0.15, 0.2) is 12.1 Å². The average Bonchev–Trinajstić information content (AvgIpc) is 2.24. The Morgan fingerprint density at radius 2 is 1.45 bits per heavy atom. The number of hydrogen-bond donors (Lipinski definition) is 0. The Labute approximate surface area is 118 Å². The summed E-state index contributed by atoms with van der Waals surface area (Å²) < 4.78 is 26.4. The van der Waals surface area contributed by atoms with Gasteiger partial charge in [-0.05, 0) is 22.5 Å². The molecular formula is C15H21F2NO2. The number of nitro benzene ring substituents is 1. The highest BCUT2D eigenvalue weighted by Crippen LogP contribution is 2.40. The third-order valence-corrected chi connectivity index (χ3v) is 3.22. The second-order valence-corrected chi connectivity index (χ2v) is 7.01. The van der Waals surface area contributed by atoms with Crippen LogP contribution < -0.4 is 0 Å². The van der Waals surface area contributed by atoms with Crippen LogP contribution in [-0.4, -0.2) is 4.92 Å². The van der Waals surface area contributed by atoms with Crippen LogP contribution in [-0.2, 0) is 10.8 Å². The topological polar surface area (TPSA) is 43.1 Å². The number of benzene rings is 1. The summed E-state index contributed by atoms with van der Waals surface area (Å²) in [4.78, 5) is 10.6. The molecule has 0 saturated heterocycles. The minimum absolute atomic E-state index is 0.235. The standard InChI is InChI=1S/C15H21F2NO2/c1-14(2,3)10-8-11(15(4,5)6)12(18(19)20)7-9(10)13(16)17/h7-8,13H,1-6H3. The Morgan fingerprint density at radius 3 is 1.75 bits per heavy atom. The van der Waals surface area contributed by atoms with Crippen LogP contribution in [0.5, 0.6) is 0 Å². The molecule has 0 bridgehead atoms. The average molecular weight is 285 g/mol. The number of hydrogen-bond acceptors (Lipinski definition) is 2. The highest BCUT2D eigenvalue weighted by atomic mass is 19.3. The Balaban J connectivity index is 3.75. The minimum Gasteiger partial charge on any atom is -0.258 e. The number of nitrogens with zero attached hydrogens (tertiary/aromatic N) is 1. The second kappa shape index (κ2) is 5.11. The predicted octanol–water partition coefficient (Wildman–Crippen LogP) is 5.13. The van der Waals surface area contributed by atoms with Crippen LogP contribution in [0.2, 0.25) is 0 Å². The monoisotopic (exact) mass is 285 g/mol. The van der Waals surface area contributed by atoms with Crippen molar-refractivity contribution < 1.29 is 13.7 Å². The molecule has 0 N–H and O–H groups in total. The van der Waals surface area contributed by atoms with E-state index in [0.29, 0.717) is 11.1 Å². The third kappa shape index (κ3) is 3.32. The maximum atomic E-state index is 13.2. The smallest absolute Gasteiger partial charge is 0.258 e. The first-order valence-corrected chi connectivity index (χ1v) is 6.47. The van der Waals surface area contributed by atoms with Gasteiger partial charge in [0.05, 0.1) is 4.92 Å². The molecule has 0 spiro atoms. The lowest BCUT2D eigenvalue weighted by Crippen LogP contribution is -2.20. The Hall–Kier alpha value is -1.52. The molecule has 0 amide bonds. The largest absolute Gasteiger partial charge is 0.273 e. The van der Waals surface area contributed by atoms with Crippen molar-refractivity contribution in [2.75, 3.05) is 0 Å². The van der Waals surface area contributed by atoms with E-state index in [1.807, 2.05) is 41.5 Å². The summed E-state index contributed by atoms with van der Waals surface area (Å²) in [6, 6.07) is 2.60. The summed E-state index contributed by atoms with van der Waals surface area (Å²) in [7, 11) is 0. The fourth-order valence-electron chi connectivity index (χ4n) is 2.19. The molecule has 0 aliphatic carbocycles. The van der Waals surface area contributed by atoms with E-state index in [1.165, 1.54) is 0 Å². The van der Waals surface area contributed by atoms with Gasteiger partial charge in [-0.15, -0.1) is 0 Å². The SMILES string of the molecule is CC(C)(C)c1cc(C(C)(C)C)c([N+](=O)[O-])cc1C(F)F. The van der Waals surface area contributed by atoms with Crippen LogP contribution in [0.3, 0.4) is 0 Å². The molecule has 0 atom stereocenters. The normalized spacial score (nSPS) is 12.8. The van der Waals surface area contributed by atoms with E-state index in [2.05, 4.69) is 0 Å². The van der Waals surface area contributed by atoms with Gasteiger partial charge in [0.25, 0.3) is 12.1 Å². The highest BCUT2D eigenvalue weighted by Gasteiger charge is 2.32. The summed E-state index contributed by atoms with van der Waals surface area (Å²) in [5.74, 6) is 0. The van der Waals surface area contributed by atoms with Crippen molar-refractivity contribution in [1.82, 2.24) is 0 Å². The summed E-state index contributed by atoms with van der Waals surface area (Å²) in [6.07, 6.45) is -2.73. The molecule has 0 radical (unpaired) electrons. The van der Waals surface area contributed by atoms with Crippen LogP contribution in [0, 0.1) is 10.1 Å². The molecule has 0 aliphatic rings. The van der Waals surface area contributed by atoms with Gasteiger partial charge in [-0.3, -0.25) is 10.1 Å². The molecule has 5 heteroatoms. The van der Waals surface area contributed by atoms with Gasteiger partial charge in [0.1, 0.15) is 0 Å². The van der Waals surface area contributed by atoms with Gasteiger partial charge < -0.3 is 0 Å². The van der Waals surface area contributed by atoms with Crippen molar-refractivity contribution in [2.24, 2.45) is 0 Å². The lowest BCUT2D eigenvalue weighted by Gasteiger charge is -2.27. The number of alkyl halides is 2. The van der Waals surface area contributed by atoms with Crippen molar-refractivity contribution in [3.05, 3.63) is 38.9 Å². The molecule has 3 nitrogen and oxygen atoms in total. The van der Waals surface area contributed by atoms with Crippen LogP contribution in [0.25, 0.3) is 0 Å². The first-order chi connectivity index (χ1) is 8.85. The van der Waals surface area contributed by atoms with E-state index in [1.54, 1.807) is 6.07 Å². The maximum absolute atomic E-state index is 13.2. The van der Waals surface area contributed by atoms with Crippen LogP contribution in [0.4, 0.5) is 14.5 Å². The van der Waals surface area contributed by atoms with Gasteiger partial charge in [-0.1, -0.05) is 41.5 Å². The summed E-state index contributed by atoms with van der Waals surface area (Å²) >= 11 is 0. The Morgan fingerprint density at radius 1 is 1.00 bits per heavy atom. The van der Waals surface area contributed by atoms with E-state index in [4.69, 9.17) is 0 Å². The van der Waals surface area contributed by atoms with E-state index >= 15 is 0 Å². The summed E-state index contributed by atoms with van der Waals surface area (Å²) in [5, 5.41) is 11.2. The molecule has 1 rings (SSSR count). The number of nitro groups is 1.